The Hall–Kier alpha value is -3.26. The second-order valence-electron chi connectivity index (χ2n) is 7.49. The quantitative estimate of drug-likeness (QED) is 0.341. The van der Waals surface area contributed by atoms with Gasteiger partial charge < -0.3 is 0 Å². The van der Waals surface area contributed by atoms with Gasteiger partial charge in [0.2, 0.25) is 0 Å². The lowest BCUT2D eigenvalue weighted by Gasteiger charge is -2.11. The van der Waals surface area contributed by atoms with E-state index in [9.17, 15) is 8.78 Å². The molecule has 0 bridgehead atoms. The molecule has 29 heavy (non-hydrogen) atoms. The van der Waals surface area contributed by atoms with Crippen molar-refractivity contribution in [2.45, 2.75) is 20.3 Å². The zero-order valence-electron chi connectivity index (χ0n) is 16.5. The number of benzene rings is 4. The molecule has 0 saturated carbocycles. The van der Waals surface area contributed by atoms with E-state index in [4.69, 9.17) is 0 Å². The van der Waals surface area contributed by atoms with Crippen molar-refractivity contribution >= 4 is 0 Å². The summed E-state index contributed by atoms with van der Waals surface area (Å²) in [5.41, 5.74) is 9.12. The largest absolute Gasteiger partial charge is 0.207 e. The third kappa shape index (κ3) is 4.27. The summed E-state index contributed by atoms with van der Waals surface area (Å²) < 4.78 is 26.4. The summed E-state index contributed by atoms with van der Waals surface area (Å²) in [7, 11) is 0. The van der Waals surface area contributed by atoms with Crippen LogP contribution in [0.2, 0.25) is 0 Å². The van der Waals surface area contributed by atoms with Gasteiger partial charge in [-0.15, -0.1) is 0 Å². The first kappa shape index (κ1) is 19.1. The van der Waals surface area contributed by atoms with Crippen LogP contribution in [0, 0.1) is 25.5 Å². The van der Waals surface area contributed by atoms with Crippen molar-refractivity contribution in [3.8, 4) is 22.3 Å². The van der Waals surface area contributed by atoms with Crippen LogP contribution in [-0.4, -0.2) is 0 Å². The lowest BCUT2D eigenvalue weighted by Crippen LogP contribution is -1.93. The van der Waals surface area contributed by atoms with Gasteiger partial charge >= 0.3 is 0 Å². The second kappa shape index (κ2) is 8.00. The molecule has 0 aliphatic rings. The van der Waals surface area contributed by atoms with Gasteiger partial charge in [-0.2, -0.15) is 0 Å². The predicted octanol–water partition coefficient (Wildman–Crippen LogP) is 7.51. The van der Waals surface area contributed by atoms with Crippen LogP contribution in [0.25, 0.3) is 22.3 Å². The minimum absolute atomic E-state index is 0.220. The van der Waals surface area contributed by atoms with Gasteiger partial charge in [0.05, 0.1) is 0 Å². The van der Waals surface area contributed by atoms with E-state index in [1.54, 1.807) is 0 Å². The molecule has 0 aliphatic carbocycles. The molecule has 0 unspecified atom stereocenters. The Labute approximate surface area is 170 Å². The Morgan fingerprint density at radius 3 is 1.24 bits per heavy atom. The zero-order valence-corrected chi connectivity index (χ0v) is 16.5. The zero-order chi connectivity index (χ0) is 20.4. The lowest BCUT2D eigenvalue weighted by atomic mass is 9.93. The van der Waals surface area contributed by atoms with Gasteiger partial charge in [-0.25, -0.2) is 8.78 Å². The van der Waals surface area contributed by atoms with Gasteiger partial charge in [-0.1, -0.05) is 60.7 Å². The van der Waals surface area contributed by atoms with Gasteiger partial charge in [-0.3, -0.25) is 0 Å². The molecular weight excluding hydrogens is 362 g/mol. The van der Waals surface area contributed by atoms with E-state index in [2.05, 4.69) is 50.2 Å². The molecule has 0 N–H and O–H groups in total. The van der Waals surface area contributed by atoms with Gasteiger partial charge in [0.1, 0.15) is 11.6 Å². The first-order valence-electron chi connectivity index (χ1n) is 9.70. The van der Waals surface area contributed by atoms with E-state index in [0.29, 0.717) is 0 Å². The summed E-state index contributed by atoms with van der Waals surface area (Å²) in [5, 5.41) is 0. The van der Waals surface area contributed by atoms with E-state index in [-0.39, 0.29) is 11.6 Å². The van der Waals surface area contributed by atoms with Crippen LogP contribution in [-0.2, 0) is 6.42 Å². The molecule has 0 saturated heterocycles. The Morgan fingerprint density at radius 2 is 0.897 bits per heavy atom. The average molecular weight is 384 g/mol. The van der Waals surface area contributed by atoms with Crippen molar-refractivity contribution in [1.29, 1.82) is 0 Å². The monoisotopic (exact) mass is 384 g/mol. The van der Waals surface area contributed by atoms with Gasteiger partial charge in [-0.05, 0) is 89.0 Å². The summed E-state index contributed by atoms with van der Waals surface area (Å²) >= 11 is 0. The minimum atomic E-state index is -0.220. The Bertz CT molecular complexity index is 1050. The molecule has 4 aromatic rings. The molecule has 0 nitrogen and oxygen atoms in total. The van der Waals surface area contributed by atoms with Crippen LogP contribution in [0.3, 0.4) is 0 Å². The Balaban J connectivity index is 1.56. The fourth-order valence-corrected chi connectivity index (χ4v) is 3.81. The van der Waals surface area contributed by atoms with Crippen LogP contribution < -0.4 is 0 Å². The van der Waals surface area contributed by atoms with E-state index in [0.717, 1.165) is 28.7 Å². The van der Waals surface area contributed by atoms with E-state index >= 15 is 0 Å². The van der Waals surface area contributed by atoms with Crippen molar-refractivity contribution in [1.82, 2.24) is 0 Å². The highest BCUT2D eigenvalue weighted by molar-refractivity contribution is 5.69. The predicted molar refractivity (Wildman–Crippen MR) is 116 cm³/mol. The maximum Gasteiger partial charge on any atom is 0.123 e. The van der Waals surface area contributed by atoms with E-state index in [1.807, 2.05) is 24.3 Å². The molecule has 4 aromatic carbocycles. The summed E-state index contributed by atoms with van der Waals surface area (Å²) in [4.78, 5) is 0. The Kier molecular flexibility index (Phi) is 5.26. The summed E-state index contributed by atoms with van der Waals surface area (Å²) in [6.07, 6.45) is 0.842. The highest BCUT2D eigenvalue weighted by atomic mass is 19.1. The maximum absolute atomic E-state index is 13.2. The fraction of sp³-hybridized carbons (Fsp3) is 0.111. The molecule has 0 atom stereocenters. The maximum atomic E-state index is 13.2. The molecule has 0 spiro atoms. The molecule has 144 valence electrons. The van der Waals surface area contributed by atoms with E-state index < -0.39 is 0 Å². The normalized spacial score (nSPS) is 10.9. The third-order valence-corrected chi connectivity index (χ3v) is 5.30. The van der Waals surface area contributed by atoms with Crippen molar-refractivity contribution in [2.24, 2.45) is 0 Å². The number of aryl methyl sites for hydroxylation is 2. The first-order valence-corrected chi connectivity index (χ1v) is 9.70. The van der Waals surface area contributed by atoms with Crippen LogP contribution in [0.15, 0.2) is 84.9 Å². The first-order chi connectivity index (χ1) is 14.0. The van der Waals surface area contributed by atoms with Crippen molar-refractivity contribution < 1.29 is 8.78 Å². The molecule has 0 heterocycles. The SMILES string of the molecule is Cc1cc(Cc2ccc(-c3ccc(F)cc3)c(C)c2)ccc1-c1ccc(F)cc1. The number of hydrogen-bond donors (Lipinski definition) is 0. The van der Waals surface area contributed by atoms with Crippen LogP contribution in [0.1, 0.15) is 22.3 Å². The second-order valence-corrected chi connectivity index (χ2v) is 7.49. The molecule has 0 radical (unpaired) electrons. The van der Waals surface area contributed by atoms with E-state index in [1.165, 1.54) is 46.5 Å². The molecule has 4 rings (SSSR count). The molecule has 2 heteroatoms. The molecular formula is C27H22F2. The van der Waals surface area contributed by atoms with Crippen molar-refractivity contribution in [3.05, 3.63) is 119 Å². The molecule has 0 aromatic heterocycles. The smallest absolute Gasteiger partial charge is 0.123 e. The van der Waals surface area contributed by atoms with Gasteiger partial charge in [0.25, 0.3) is 0 Å². The number of hydrogen-bond acceptors (Lipinski definition) is 0. The summed E-state index contributed by atoms with van der Waals surface area (Å²) in [6, 6.07) is 26.1. The topological polar surface area (TPSA) is 0 Å². The molecule has 0 amide bonds. The summed E-state index contributed by atoms with van der Waals surface area (Å²) in [5.74, 6) is -0.440. The lowest BCUT2D eigenvalue weighted by molar-refractivity contribution is 0.627. The fourth-order valence-electron chi connectivity index (χ4n) is 3.81. The molecule has 0 fully saturated rings. The van der Waals surface area contributed by atoms with Crippen LogP contribution in [0.5, 0.6) is 0 Å². The van der Waals surface area contributed by atoms with Crippen molar-refractivity contribution in [2.75, 3.05) is 0 Å². The highest BCUT2D eigenvalue weighted by Gasteiger charge is 2.07. The van der Waals surface area contributed by atoms with Gasteiger partial charge in [0, 0.05) is 0 Å². The number of rotatable bonds is 4. The van der Waals surface area contributed by atoms with Crippen LogP contribution in [0.4, 0.5) is 8.78 Å². The Morgan fingerprint density at radius 1 is 0.517 bits per heavy atom. The average Bonchev–Trinajstić information content (AvgIpc) is 2.70. The minimum Gasteiger partial charge on any atom is -0.207 e. The number of halogens is 2. The standard InChI is InChI=1S/C27H22F2/c1-18-15-20(3-13-26(18)22-5-9-24(28)10-6-22)17-21-4-14-27(19(2)16-21)23-7-11-25(29)12-8-23/h3-16H,17H2,1-2H3. The summed E-state index contributed by atoms with van der Waals surface area (Å²) in [6.45, 7) is 4.18. The van der Waals surface area contributed by atoms with Gasteiger partial charge in [0.15, 0.2) is 0 Å². The highest BCUT2D eigenvalue weighted by Crippen LogP contribution is 2.28. The third-order valence-electron chi connectivity index (χ3n) is 5.30. The van der Waals surface area contributed by atoms with Crippen LogP contribution >= 0.6 is 0 Å². The van der Waals surface area contributed by atoms with Crippen molar-refractivity contribution in [3.63, 3.8) is 0 Å². The molecule has 0 aliphatic heterocycles.